The molecule has 3 aliphatic heterocycles. The lowest BCUT2D eigenvalue weighted by Crippen LogP contribution is -2.40. The number of ether oxygens (including phenoxy) is 3. The minimum Gasteiger partial charge on any atom is -0.493 e. The second-order valence-electron chi connectivity index (χ2n) is 9.96. The standard InChI is InChI=1S/C32H28FN3O5.CH2O2/c1-39-28-8-3-22-18-29(28)40-16-2-12-35-31(37)26-19-24(5-7-27(26)33)41-23-4-6-25-21(17-23)11-15-36(30(22)25)32(38)20-9-13-34-14-10-20;2-1-3/h3-10,13-14,17-19,30H,2,11-12,15-16H2,1H3,(H,35,37);1H,(H,2,3). The predicted octanol–water partition coefficient (Wildman–Crippen LogP) is 5.02. The van der Waals surface area contributed by atoms with E-state index >= 15 is 0 Å². The number of hydrogen-bond donors (Lipinski definition) is 2. The maximum absolute atomic E-state index is 14.5. The summed E-state index contributed by atoms with van der Waals surface area (Å²) in [5.41, 5.74) is 3.31. The van der Waals surface area contributed by atoms with Crippen molar-refractivity contribution in [2.24, 2.45) is 0 Å². The minimum atomic E-state index is -0.630. The Morgan fingerprint density at radius 3 is 2.61 bits per heavy atom. The SMILES string of the molecule is COc1ccc2cc1OCCCNC(=O)c1cc(ccc1F)Oc1ccc3c(c1)CCN(C(=O)c1ccncc1)C23.O=CO. The Labute approximate surface area is 253 Å². The van der Waals surface area contributed by atoms with Crippen LogP contribution < -0.4 is 19.5 Å². The predicted molar refractivity (Wildman–Crippen MR) is 158 cm³/mol. The molecule has 10 nitrogen and oxygen atoms in total. The summed E-state index contributed by atoms with van der Waals surface area (Å²) in [5, 5.41) is 9.63. The molecule has 44 heavy (non-hydrogen) atoms. The molecule has 0 aliphatic carbocycles. The Morgan fingerprint density at radius 1 is 1.09 bits per heavy atom. The van der Waals surface area contributed by atoms with Crippen LogP contribution in [0.5, 0.6) is 23.0 Å². The van der Waals surface area contributed by atoms with Crippen LogP contribution in [-0.4, -0.2) is 60.1 Å². The normalized spacial score (nSPS) is 15.6. The fourth-order valence-electron chi connectivity index (χ4n) is 5.31. The Bertz CT molecular complexity index is 1660. The summed E-state index contributed by atoms with van der Waals surface area (Å²) in [4.78, 5) is 40.7. The van der Waals surface area contributed by atoms with Crippen molar-refractivity contribution in [3.8, 4) is 23.0 Å². The van der Waals surface area contributed by atoms with Crippen molar-refractivity contribution in [1.82, 2.24) is 15.2 Å². The lowest BCUT2D eigenvalue weighted by Gasteiger charge is -2.38. The Morgan fingerprint density at radius 2 is 1.84 bits per heavy atom. The highest BCUT2D eigenvalue weighted by Gasteiger charge is 2.33. The average molecular weight is 600 g/mol. The molecule has 3 aliphatic rings. The van der Waals surface area contributed by atoms with Gasteiger partial charge < -0.3 is 29.5 Å². The molecule has 7 rings (SSSR count). The van der Waals surface area contributed by atoms with Gasteiger partial charge in [0.1, 0.15) is 17.3 Å². The molecule has 1 atom stereocenters. The molecule has 11 heteroatoms. The van der Waals surface area contributed by atoms with Crippen LogP contribution >= 0.6 is 0 Å². The number of halogens is 1. The molecule has 3 aromatic carbocycles. The maximum atomic E-state index is 14.5. The summed E-state index contributed by atoms with van der Waals surface area (Å²) >= 11 is 0. The number of hydrogen-bond acceptors (Lipinski definition) is 7. The van der Waals surface area contributed by atoms with E-state index in [0.29, 0.717) is 47.9 Å². The molecule has 0 fully saturated rings. The van der Waals surface area contributed by atoms with Gasteiger partial charge >= 0.3 is 0 Å². The first kappa shape index (κ1) is 30.0. The van der Waals surface area contributed by atoms with E-state index in [0.717, 1.165) is 16.7 Å². The Hall–Kier alpha value is -5.45. The summed E-state index contributed by atoms with van der Waals surface area (Å²) in [6.07, 6.45) is 4.32. The lowest BCUT2D eigenvalue weighted by molar-refractivity contribution is -0.122. The van der Waals surface area contributed by atoms with Crippen LogP contribution in [0.2, 0.25) is 0 Å². The van der Waals surface area contributed by atoms with Crippen molar-refractivity contribution in [1.29, 1.82) is 0 Å². The highest BCUT2D eigenvalue weighted by atomic mass is 19.1. The molecule has 0 radical (unpaired) electrons. The summed E-state index contributed by atoms with van der Waals surface area (Å²) in [6, 6.07) is 18.5. The average Bonchev–Trinajstić information content (AvgIpc) is 3.04. The number of benzene rings is 3. The van der Waals surface area contributed by atoms with Crippen LogP contribution in [0.1, 0.15) is 49.9 Å². The number of rotatable bonds is 2. The molecule has 4 aromatic rings. The molecule has 8 bridgehead atoms. The highest BCUT2D eigenvalue weighted by molar-refractivity contribution is 5.95. The minimum absolute atomic E-state index is 0.0952. The van der Waals surface area contributed by atoms with Crippen molar-refractivity contribution in [3.63, 3.8) is 0 Å². The largest absolute Gasteiger partial charge is 0.493 e. The lowest BCUT2D eigenvalue weighted by atomic mass is 9.87. The molecule has 0 saturated heterocycles. The van der Waals surface area contributed by atoms with E-state index in [9.17, 15) is 14.0 Å². The number of carbonyl (C=O) groups is 3. The van der Waals surface area contributed by atoms with Gasteiger partial charge in [-0.1, -0.05) is 12.1 Å². The first-order valence-electron chi connectivity index (χ1n) is 13.9. The van der Waals surface area contributed by atoms with E-state index in [1.165, 1.54) is 18.2 Å². The van der Waals surface area contributed by atoms with Gasteiger partial charge in [0.25, 0.3) is 18.3 Å². The summed E-state index contributed by atoms with van der Waals surface area (Å²) in [5.74, 6) is 0.725. The van der Waals surface area contributed by atoms with Crippen LogP contribution in [0.15, 0.2) is 79.1 Å². The quantitative estimate of drug-likeness (QED) is 0.308. The van der Waals surface area contributed by atoms with E-state index in [1.807, 2.05) is 41.3 Å². The number of pyridine rings is 1. The van der Waals surface area contributed by atoms with E-state index in [-0.39, 0.29) is 31.1 Å². The third-order valence-corrected chi connectivity index (χ3v) is 7.32. The van der Waals surface area contributed by atoms with Crippen LogP contribution in [-0.2, 0) is 11.2 Å². The molecule has 1 aromatic heterocycles. The fraction of sp³-hybridized carbons (Fsp3) is 0.212. The number of nitrogens with zero attached hydrogens (tertiary/aromatic N) is 2. The van der Waals surface area contributed by atoms with Gasteiger partial charge in [0.05, 0.1) is 25.3 Å². The van der Waals surface area contributed by atoms with Crippen LogP contribution in [0.3, 0.4) is 0 Å². The van der Waals surface area contributed by atoms with Crippen molar-refractivity contribution in [3.05, 3.63) is 113 Å². The van der Waals surface area contributed by atoms with E-state index < -0.39 is 17.8 Å². The van der Waals surface area contributed by atoms with Crippen LogP contribution in [0, 0.1) is 5.82 Å². The first-order valence-corrected chi connectivity index (χ1v) is 13.9. The topological polar surface area (TPSA) is 127 Å². The summed E-state index contributed by atoms with van der Waals surface area (Å²) < 4.78 is 32.2. The van der Waals surface area contributed by atoms with Crippen LogP contribution in [0.25, 0.3) is 0 Å². The Kier molecular flexibility index (Phi) is 9.34. The molecule has 2 amide bonds. The number of fused-ring (bicyclic) bond motifs is 6. The number of aromatic nitrogens is 1. The molecule has 0 spiro atoms. The molecular weight excluding hydrogens is 569 g/mol. The van der Waals surface area contributed by atoms with Crippen molar-refractivity contribution >= 4 is 18.3 Å². The zero-order chi connectivity index (χ0) is 31.1. The molecule has 2 N–H and O–H groups in total. The monoisotopic (exact) mass is 599 g/mol. The maximum Gasteiger partial charge on any atom is 0.290 e. The van der Waals surface area contributed by atoms with Crippen molar-refractivity contribution in [2.45, 2.75) is 18.9 Å². The number of amides is 2. The van der Waals surface area contributed by atoms with Gasteiger partial charge in [-0.05, 0) is 84.1 Å². The second-order valence-corrected chi connectivity index (χ2v) is 9.96. The number of carbonyl (C=O) groups excluding carboxylic acids is 2. The van der Waals surface area contributed by atoms with Crippen molar-refractivity contribution < 1.29 is 38.1 Å². The van der Waals surface area contributed by atoms with Gasteiger partial charge in [0.2, 0.25) is 0 Å². The third kappa shape index (κ3) is 6.46. The van der Waals surface area contributed by atoms with E-state index in [4.69, 9.17) is 24.1 Å². The van der Waals surface area contributed by atoms with E-state index in [1.54, 1.807) is 31.6 Å². The zero-order valence-electron chi connectivity index (χ0n) is 23.9. The third-order valence-electron chi connectivity index (χ3n) is 7.32. The van der Waals surface area contributed by atoms with Gasteiger partial charge in [0.15, 0.2) is 11.5 Å². The number of nitrogens with one attached hydrogen (secondary N) is 1. The van der Waals surface area contributed by atoms with Gasteiger partial charge in [-0.25, -0.2) is 4.39 Å². The highest BCUT2D eigenvalue weighted by Crippen LogP contribution is 2.41. The molecular formula is C33H30FN3O7. The van der Waals surface area contributed by atoms with Gasteiger partial charge in [-0.3, -0.25) is 19.4 Å². The fourth-order valence-corrected chi connectivity index (χ4v) is 5.31. The molecule has 4 heterocycles. The summed E-state index contributed by atoms with van der Waals surface area (Å²) in [7, 11) is 1.57. The molecule has 1 unspecified atom stereocenters. The first-order chi connectivity index (χ1) is 21.4. The molecule has 0 saturated carbocycles. The van der Waals surface area contributed by atoms with Crippen molar-refractivity contribution in [2.75, 3.05) is 26.8 Å². The van der Waals surface area contributed by atoms with Gasteiger partial charge in [0, 0.05) is 31.0 Å². The van der Waals surface area contributed by atoms with Crippen LogP contribution in [0.4, 0.5) is 4.39 Å². The smallest absolute Gasteiger partial charge is 0.290 e. The Balaban J connectivity index is 0.00000123. The van der Waals surface area contributed by atoms with Gasteiger partial charge in [-0.2, -0.15) is 0 Å². The zero-order valence-corrected chi connectivity index (χ0v) is 23.9. The second kappa shape index (κ2) is 13.7. The number of methoxy groups -OCH3 is 1. The number of carboxylic acid groups (broad SMARTS) is 1. The molecule has 226 valence electrons. The summed E-state index contributed by atoms with van der Waals surface area (Å²) in [6.45, 7) is 0.799. The van der Waals surface area contributed by atoms with E-state index in [2.05, 4.69) is 10.3 Å². The van der Waals surface area contributed by atoms with Gasteiger partial charge in [-0.15, -0.1) is 0 Å².